The SMILES string of the molecule is CCOc1nc(N)c2ncc(Cc3cnc(N4CCNCC4)c(C)c3)n2n1. The van der Waals surface area contributed by atoms with Gasteiger partial charge in [0.05, 0.1) is 18.5 Å². The van der Waals surface area contributed by atoms with Crippen LogP contribution in [0.15, 0.2) is 18.5 Å². The van der Waals surface area contributed by atoms with E-state index in [9.17, 15) is 0 Å². The number of aromatic nitrogens is 5. The number of imidazole rings is 1. The fourth-order valence-corrected chi connectivity index (χ4v) is 3.38. The summed E-state index contributed by atoms with van der Waals surface area (Å²) in [4.78, 5) is 15.5. The molecule has 3 aromatic rings. The van der Waals surface area contributed by atoms with Gasteiger partial charge in [-0.2, -0.15) is 4.98 Å². The van der Waals surface area contributed by atoms with E-state index in [1.54, 1.807) is 10.7 Å². The maximum Gasteiger partial charge on any atom is 0.336 e. The number of piperazine rings is 1. The molecule has 9 heteroatoms. The third-order valence-electron chi connectivity index (χ3n) is 4.62. The van der Waals surface area contributed by atoms with Gasteiger partial charge in [-0.3, -0.25) is 0 Å². The molecule has 0 spiro atoms. The van der Waals surface area contributed by atoms with Crippen molar-refractivity contribution in [2.24, 2.45) is 0 Å². The van der Waals surface area contributed by atoms with E-state index in [2.05, 4.69) is 38.3 Å². The number of nitrogens with one attached hydrogen (secondary N) is 1. The van der Waals surface area contributed by atoms with Gasteiger partial charge >= 0.3 is 6.01 Å². The van der Waals surface area contributed by atoms with Crippen molar-refractivity contribution in [2.75, 3.05) is 43.4 Å². The van der Waals surface area contributed by atoms with Crippen LogP contribution in [0.4, 0.5) is 11.6 Å². The quantitative estimate of drug-likeness (QED) is 0.681. The number of aryl methyl sites for hydroxylation is 1. The van der Waals surface area contributed by atoms with E-state index in [0.29, 0.717) is 24.5 Å². The molecular weight excluding hydrogens is 344 g/mol. The number of hydrogen-bond acceptors (Lipinski definition) is 8. The summed E-state index contributed by atoms with van der Waals surface area (Å²) in [5.41, 5.74) is 9.71. The van der Waals surface area contributed by atoms with Crippen molar-refractivity contribution in [3.05, 3.63) is 35.3 Å². The molecule has 3 aromatic heterocycles. The molecule has 0 bridgehead atoms. The Balaban J connectivity index is 1.61. The average molecular weight is 368 g/mol. The number of fused-ring (bicyclic) bond motifs is 1. The van der Waals surface area contributed by atoms with E-state index in [1.807, 2.05) is 13.1 Å². The van der Waals surface area contributed by atoms with Crippen molar-refractivity contribution < 1.29 is 4.74 Å². The highest BCUT2D eigenvalue weighted by Crippen LogP contribution is 2.21. The second-order valence-corrected chi connectivity index (χ2v) is 6.60. The minimum Gasteiger partial charge on any atom is -0.463 e. The molecule has 1 aliphatic rings. The minimum absolute atomic E-state index is 0.255. The molecule has 0 unspecified atom stereocenters. The highest BCUT2D eigenvalue weighted by atomic mass is 16.5. The number of anilines is 2. The molecule has 0 aromatic carbocycles. The maximum atomic E-state index is 5.98. The Morgan fingerprint density at radius 3 is 2.78 bits per heavy atom. The van der Waals surface area contributed by atoms with Crippen molar-refractivity contribution in [1.82, 2.24) is 29.9 Å². The first-order valence-electron chi connectivity index (χ1n) is 9.20. The van der Waals surface area contributed by atoms with Crippen LogP contribution in [0.25, 0.3) is 5.65 Å². The summed E-state index contributed by atoms with van der Waals surface area (Å²) in [5, 5.41) is 7.77. The van der Waals surface area contributed by atoms with Gasteiger partial charge in [0.15, 0.2) is 11.5 Å². The fourth-order valence-electron chi connectivity index (χ4n) is 3.38. The predicted molar refractivity (Wildman–Crippen MR) is 103 cm³/mol. The van der Waals surface area contributed by atoms with Gasteiger partial charge < -0.3 is 20.7 Å². The summed E-state index contributed by atoms with van der Waals surface area (Å²) < 4.78 is 7.10. The van der Waals surface area contributed by atoms with E-state index in [4.69, 9.17) is 15.5 Å². The van der Waals surface area contributed by atoms with Gasteiger partial charge in [0.1, 0.15) is 5.82 Å². The van der Waals surface area contributed by atoms with E-state index in [1.165, 1.54) is 5.56 Å². The molecule has 0 aliphatic carbocycles. The zero-order chi connectivity index (χ0) is 18.8. The number of ether oxygens (including phenoxy) is 1. The molecule has 0 atom stereocenters. The number of rotatable bonds is 5. The number of nitrogens with zero attached hydrogens (tertiary/aromatic N) is 6. The Morgan fingerprint density at radius 1 is 1.22 bits per heavy atom. The average Bonchev–Trinajstić information content (AvgIpc) is 3.06. The Bertz CT molecular complexity index is 948. The molecule has 4 rings (SSSR count). The molecular formula is C18H24N8O. The topological polar surface area (TPSA) is 106 Å². The second kappa shape index (κ2) is 7.36. The van der Waals surface area contributed by atoms with Crippen LogP contribution in [0, 0.1) is 6.92 Å². The van der Waals surface area contributed by atoms with E-state index < -0.39 is 0 Å². The molecule has 142 valence electrons. The van der Waals surface area contributed by atoms with Crippen molar-refractivity contribution in [3.8, 4) is 6.01 Å². The standard InChI is InChI=1S/C18H24N8O/c1-3-27-18-23-15(19)17-22-11-14(26(17)24-18)9-13-8-12(2)16(21-10-13)25-6-4-20-5-7-25/h8,10-11,20H,3-7,9H2,1-2H3,(H2,19,23,24). The summed E-state index contributed by atoms with van der Waals surface area (Å²) in [6.45, 7) is 8.42. The first-order chi connectivity index (χ1) is 13.2. The highest BCUT2D eigenvalue weighted by molar-refractivity contribution is 5.60. The van der Waals surface area contributed by atoms with E-state index in [0.717, 1.165) is 43.3 Å². The van der Waals surface area contributed by atoms with Crippen LogP contribution in [0.1, 0.15) is 23.7 Å². The lowest BCUT2D eigenvalue weighted by molar-refractivity contribution is 0.307. The van der Waals surface area contributed by atoms with Crippen LogP contribution >= 0.6 is 0 Å². The molecule has 1 fully saturated rings. The van der Waals surface area contributed by atoms with Crippen LogP contribution in [-0.2, 0) is 6.42 Å². The molecule has 9 nitrogen and oxygen atoms in total. The first-order valence-corrected chi connectivity index (χ1v) is 9.20. The summed E-state index contributed by atoms with van der Waals surface area (Å²) in [6, 6.07) is 2.43. The minimum atomic E-state index is 0.255. The Hall–Kier alpha value is -2.94. The van der Waals surface area contributed by atoms with E-state index in [-0.39, 0.29) is 6.01 Å². The van der Waals surface area contributed by atoms with Crippen molar-refractivity contribution in [2.45, 2.75) is 20.3 Å². The Labute approximate surface area is 157 Å². The molecule has 0 saturated carbocycles. The van der Waals surface area contributed by atoms with Crippen molar-refractivity contribution in [3.63, 3.8) is 0 Å². The van der Waals surface area contributed by atoms with Crippen LogP contribution in [-0.4, -0.2) is 57.4 Å². The molecule has 0 radical (unpaired) electrons. The van der Waals surface area contributed by atoms with Crippen molar-refractivity contribution >= 4 is 17.3 Å². The lowest BCUT2D eigenvalue weighted by Gasteiger charge is -2.29. The van der Waals surface area contributed by atoms with Crippen molar-refractivity contribution in [1.29, 1.82) is 0 Å². The van der Waals surface area contributed by atoms with Gasteiger partial charge in [-0.25, -0.2) is 14.5 Å². The number of hydrogen-bond donors (Lipinski definition) is 2. The predicted octanol–water partition coefficient (Wildman–Crippen LogP) is 0.809. The first kappa shape index (κ1) is 17.5. The van der Waals surface area contributed by atoms with Gasteiger partial charge in [-0.15, -0.1) is 5.10 Å². The summed E-state index contributed by atoms with van der Waals surface area (Å²) in [7, 11) is 0. The van der Waals surface area contributed by atoms with Gasteiger partial charge in [0.25, 0.3) is 0 Å². The van der Waals surface area contributed by atoms with Crippen LogP contribution in [0.3, 0.4) is 0 Å². The van der Waals surface area contributed by atoms with Crippen LogP contribution < -0.4 is 20.7 Å². The largest absolute Gasteiger partial charge is 0.463 e. The van der Waals surface area contributed by atoms with E-state index >= 15 is 0 Å². The van der Waals surface area contributed by atoms with Gasteiger partial charge in [-0.05, 0) is 25.0 Å². The molecule has 27 heavy (non-hydrogen) atoms. The number of pyridine rings is 1. The highest BCUT2D eigenvalue weighted by Gasteiger charge is 2.16. The Morgan fingerprint density at radius 2 is 2.04 bits per heavy atom. The van der Waals surface area contributed by atoms with Gasteiger partial charge in [-0.1, -0.05) is 6.07 Å². The maximum absolute atomic E-state index is 5.98. The number of nitrogen functional groups attached to an aromatic ring is 1. The Kier molecular flexibility index (Phi) is 4.76. The zero-order valence-electron chi connectivity index (χ0n) is 15.6. The summed E-state index contributed by atoms with van der Waals surface area (Å²) in [6.07, 6.45) is 4.35. The normalized spacial score (nSPS) is 14.7. The lowest BCUT2D eigenvalue weighted by Crippen LogP contribution is -2.44. The smallest absolute Gasteiger partial charge is 0.336 e. The monoisotopic (exact) mass is 368 g/mol. The third-order valence-corrected chi connectivity index (χ3v) is 4.62. The fraction of sp³-hybridized carbons (Fsp3) is 0.444. The molecule has 1 aliphatic heterocycles. The summed E-state index contributed by atoms with van der Waals surface area (Å²) >= 11 is 0. The third kappa shape index (κ3) is 3.50. The van der Waals surface area contributed by atoms with Crippen LogP contribution in [0.2, 0.25) is 0 Å². The molecule has 4 heterocycles. The zero-order valence-corrected chi connectivity index (χ0v) is 15.6. The second-order valence-electron chi connectivity index (χ2n) is 6.60. The van der Waals surface area contributed by atoms with Gasteiger partial charge in [0.2, 0.25) is 0 Å². The lowest BCUT2D eigenvalue weighted by atomic mass is 10.1. The summed E-state index contributed by atoms with van der Waals surface area (Å²) in [5.74, 6) is 1.37. The number of nitrogens with two attached hydrogens (primary N) is 1. The van der Waals surface area contributed by atoms with Crippen LogP contribution in [0.5, 0.6) is 6.01 Å². The molecule has 1 saturated heterocycles. The molecule has 3 N–H and O–H groups in total. The van der Waals surface area contributed by atoms with Gasteiger partial charge in [0, 0.05) is 38.8 Å². The molecule has 0 amide bonds.